The Labute approximate surface area is 107 Å². The second-order valence-electron chi connectivity index (χ2n) is 3.91. The minimum Gasteiger partial charge on any atom is -0.299 e. The zero-order valence-electron chi connectivity index (χ0n) is 10.2. The number of hydrogen-bond acceptors (Lipinski definition) is 6. The van der Waals surface area contributed by atoms with E-state index in [-0.39, 0.29) is 5.56 Å². The van der Waals surface area contributed by atoms with Gasteiger partial charge in [-0.05, 0) is 19.9 Å². The summed E-state index contributed by atoms with van der Waals surface area (Å²) in [7, 11) is 0. The maximum Gasteiger partial charge on any atom is 0.280 e. The van der Waals surface area contributed by atoms with Gasteiger partial charge in [0.1, 0.15) is 17.5 Å². The largest absolute Gasteiger partial charge is 0.299 e. The van der Waals surface area contributed by atoms with Crippen LogP contribution < -0.4 is 0 Å². The second-order valence-corrected chi connectivity index (χ2v) is 3.91. The molecule has 0 aromatic heterocycles. The Bertz CT molecular complexity index is 567. The number of ketones is 2. The highest BCUT2D eigenvalue weighted by Gasteiger charge is 2.30. The zero-order valence-corrected chi connectivity index (χ0v) is 10.2. The van der Waals surface area contributed by atoms with Gasteiger partial charge in [0.05, 0.1) is 15.9 Å². The van der Waals surface area contributed by atoms with E-state index in [0.29, 0.717) is 0 Å². The quantitative estimate of drug-likeness (QED) is 0.454. The van der Waals surface area contributed by atoms with Crippen molar-refractivity contribution in [2.45, 2.75) is 19.8 Å². The van der Waals surface area contributed by atoms with Crippen LogP contribution >= 0.6 is 0 Å². The zero-order chi connectivity index (χ0) is 14.7. The Morgan fingerprint density at radius 2 is 1.58 bits per heavy atom. The van der Waals surface area contributed by atoms with Crippen LogP contribution in [0.2, 0.25) is 0 Å². The average molecular weight is 266 g/mol. The molecule has 0 saturated carbocycles. The lowest BCUT2D eigenvalue weighted by Gasteiger charge is -2.10. The summed E-state index contributed by atoms with van der Waals surface area (Å²) in [5.74, 6) is -2.38. The van der Waals surface area contributed by atoms with Crippen LogP contribution in [0.15, 0.2) is 18.2 Å². The molecule has 0 fully saturated rings. The average Bonchev–Trinajstić information content (AvgIpc) is 2.27. The van der Waals surface area contributed by atoms with E-state index in [1.54, 1.807) is 0 Å². The van der Waals surface area contributed by atoms with E-state index in [0.717, 1.165) is 32.0 Å². The third kappa shape index (κ3) is 2.97. The summed E-state index contributed by atoms with van der Waals surface area (Å²) < 4.78 is 0. The van der Waals surface area contributed by atoms with Gasteiger partial charge in [0.25, 0.3) is 11.4 Å². The molecule has 19 heavy (non-hydrogen) atoms. The molecule has 0 heterocycles. The Kier molecular flexibility index (Phi) is 4.05. The number of carbonyl (C=O) groups excluding carboxylic acids is 2. The Hall–Kier alpha value is -2.64. The molecule has 1 aromatic rings. The molecule has 8 heteroatoms. The highest BCUT2D eigenvalue weighted by Crippen LogP contribution is 2.31. The maximum atomic E-state index is 11.4. The van der Waals surface area contributed by atoms with Gasteiger partial charge in [0, 0.05) is 11.6 Å². The fraction of sp³-hybridized carbons (Fsp3) is 0.273. The number of nitro groups is 2. The Morgan fingerprint density at radius 3 is 1.95 bits per heavy atom. The van der Waals surface area contributed by atoms with Crippen molar-refractivity contribution in [3.05, 3.63) is 44.0 Å². The highest BCUT2D eigenvalue weighted by molar-refractivity contribution is 6.06. The lowest BCUT2D eigenvalue weighted by molar-refractivity contribution is -0.394. The fourth-order valence-corrected chi connectivity index (χ4v) is 1.77. The predicted octanol–water partition coefficient (Wildman–Crippen LogP) is 1.76. The molecular formula is C11H10N2O6. The number of hydrogen-bond donors (Lipinski definition) is 0. The number of carbonyl (C=O) groups is 2. The topological polar surface area (TPSA) is 120 Å². The van der Waals surface area contributed by atoms with E-state index < -0.39 is 38.7 Å². The van der Waals surface area contributed by atoms with Gasteiger partial charge in [-0.3, -0.25) is 29.8 Å². The van der Waals surface area contributed by atoms with Crippen molar-refractivity contribution in [1.82, 2.24) is 0 Å². The smallest absolute Gasteiger partial charge is 0.280 e. The summed E-state index contributed by atoms with van der Waals surface area (Å²) >= 11 is 0. The van der Waals surface area contributed by atoms with Gasteiger partial charge in [-0.1, -0.05) is 0 Å². The van der Waals surface area contributed by atoms with E-state index >= 15 is 0 Å². The Balaban J connectivity index is 3.50. The summed E-state index contributed by atoms with van der Waals surface area (Å²) in [6.45, 7) is 2.27. The normalized spacial score (nSPS) is 10.3. The van der Waals surface area contributed by atoms with Crippen molar-refractivity contribution in [3.8, 4) is 0 Å². The SMILES string of the molecule is CC(=O)C(C(C)=O)c1ccc([N+](=O)[O-])cc1[N+](=O)[O-]. The number of non-ortho nitro benzene ring substituents is 1. The monoisotopic (exact) mass is 266 g/mol. The molecule has 0 aliphatic heterocycles. The van der Waals surface area contributed by atoms with Crippen LogP contribution in [-0.2, 0) is 9.59 Å². The molecule has 0 aliphatic carbocycles. The lowest BCUT2D eigenvalue weighted by Crippen LogP contribution is -2.18. The molecule has 0 bridgehead atoms. The molecule has 100 valence electrons. The number of nitro benzene ring substituents is 2. The van der Waals surface area contributed by atoms with E-state index in [4.69, 9.17) is 0 Å². The summed E-state index contributed by atoms with van der Waals surface area (Å²) in [5.41, 5.74) is -1.21. The summed E-state index contributed by atoms with van der Waals surface area (Å²) in [6.07, 6.45) is 0. The van der Waals surface area contributed by atoms with Gasteiger partial charge in [-0.2, -0.15) is 0 Å². The van der Waals surface area contributed by atoms with Gasteiger partial charge in [0.15, 0.2) is 0 Å². The van der Waals surface area contributed by atoms with Gasteiger partial charge < -0.3 is 0 Å². The minimum absolute atomic E-state index is 0.129. The first-order valence-electron chi connectivity index (χ1n) is 5.19. The van der Waals surface area contributed by atoms with Gasteiger partial charge >= 0.3 is 0 Å². The summed E-state index contributed by atoms with van der Waals surface area (Å²) in [6, 6.07) is 2.85. The van der Waals surface area contributed by atoms with Crippen molar-refractivity contribution < 1.29 is 19.4 Å². The van der Waals surface area contributed by atoms with Gasteiger partial charge in [-0.25, -0.2) is 0 Å². The molecule has 8 nitrogen and oxygen atoms in total. The predicted molar refractivity (Wildman–Crippen MR) is 63.9 cm³/mol. The number of benzene rings is 1. The van der Waals surface area contributed by atoms with Crippen molar-refractivity contribution in [2.24, 2.45) is 0 Å². The molecule has 0 saturated heterocycles. The lowest BCUT2D eigenvalue weighted by atomic mass is 9.90. The molecular weight excluding hydrogens is 256 g/mol. The molecule has 1 aromatic carbocycles. The van der Waals surface area contributed by atoms with Crippen LogP contribution in [0.5, 0.6) is 0 Å². The van der Waals surface area contributed by atoms with Crippen LogP contribution in [0.1, 0.15) is 25.3 Å². The molecule has 0 amide bonds. The molecule has 0 aliphatic rings. The summed E-state index contributed by atoms with van der Waals surface area (Å²) in [4.78, 5) is 42.7. The summed E-state index contributed by atoms with van der Waals surface area (Å²) in [5, 5.41) is 21.5. The van der Waals surface area contributed by atoms with E-state index in [2.05, 4.69) is 0 Å². The molecule has 0 spiro atoms. The first kappa shape index (κ1) is 14.4. The van der Waals surface area contributed by atoms with Gasteiger partial charge in [-0.15, -0.1) is 0 Å². The maximum absolute atomic E-state index is 11.4. The Morgan fingerprint density at radius 1 is 1.05 bits per heavy atom. The highest BCUT2D eigenvalue weighted by atomic mass is 16.6. The first-order valence-corrected chi connectivity index (χ1v) is 5.19. The van der Waals surface area contributed by atoms with Crippen LogP contribution in [-0.4, -0.2) is 21.4 Å². The number of Topliss-reactive ketones (excluding diaryl/α,β-unsaturated/α-hetero) is 2. The van der Waals surface area contributed by atoms with Crippen LogP contribution in [0.4, 0.5) is 11.4 Å². The van der Waals surface area contributed by atoms with E-state index in [9.17, 15) is 29.8 Å². The van der Waals surface area contributed by atoms with Crippen LogP contribution in [0.25, 0.3) is 0 Å². The third-order valence-corrected chi connectivity index (χ3v) is 2.55. The molecule has 0 unspecified atom stereocenters. The first-order chi connectivity index (χ1) is 8.75. The van der Waals surface area contributed by atoms with E-state index in [1.165, 1.54) is 0 Å². The molecule has 0 N–H and O–H groups in total. The van der Waals surface area contributed by atoms with E-state index in [1.807, 2.05) is 0 Å². The third-order valence-electron chi connectivity index (χ3n) is 2.55. The standard InChI is InChI=1S/C11H10N2O6/c1-6(14)11(7(2)15)9-4-3-8(12(16)17)5-10(9)13(18)19/h3-5,11H,1-2H3. The van der Waals surface area contributed by atoms with Crippen molar-refractivity contribution in [2.75, 3.05) is 0 Å². The van der Waals surface area contributed by atoms with Crippen LogP contribution in [0, 0.1) is 20.2 Å². The molecule has 0 radical (unpaired) electrons. The van der Waals surface area contributed by atoms with Crippen molar-refractivity contribution in [1.29, 1.82) is 0 Å². The van der Waals surface area contributed by atoms with Crippen molar-refractivity contribution >= 4 is 22.9 Å². The molecule has 0 atom stereocenters. The minimum atomic E-state index is -1.28. The van der Waals surface area contributed by atoms with Crippen LogP contribution in [0.3, 0.4) is 0 Å². The van der Waals surface area contributed by atoms with Gasteiger partial charge in [0.2, 0.25) is 0 Å². The number of rotatable bonds is 5. The molecule has 1 rings (SSSR count). The number of nitrogens with zero attached hydrogens (tertiary/aromatic N) is 2. The second kappa shape index (κ2) is 5.34. The van der Waals surface area contributed by atoms with Crippen molar-refractivity contribution in [3.63, 3.8) is 0 Å². The fourth-order valence-electron chi connectivity index (χ4n) is 1.77.